The number of amides is 3. The second kappa shape index (κ2) is 9.14. The number of carbonyl (C=O) groups excluding carboxylic acids is 4. The van der Waals surface area contributed by atoms with Crippen molar-refractivity contribution in [1.29, 1.82) is 0 Å². The molecule has 5 rings (SSSR count). The topological polar surface area (TPSA) is 90.5 Å². The van der Waals surface area contributed by atoms with Crippen molar-refractivity contribution < 1.29 is 23.9 Å². The number of methoxy groups -OCH3 is 1. The van der Waals surface area contributed by atoms with E-state index in [0.717, 1.165) is 5.69 Å². The summed E-state index contributed by atoms with van der Waals surface area (Å²) in [5.74, 6) is -1.01. The van der Waals surface area contributed by atoms with Crippen molar-refractivity contribution in [1.82, 2.24) is 14.7 Å². The van der Waals surface area contributed by atoms with Crippen molar-refractivity contribution in [2.24, 2.45) is 0 Å². The minimum Gasteiger partial charge on any atom is -0.468 e. The first-order valence-corrected chi connectivity index (χ1v) is 11.8. The summed E-state index contributed by atoms with van der Waals surface area (Å²) in [7, 11) is 1.32. The van der Waals surface area contributed by atoms with Gasteiger partial charge in [-0.15, -0.1) is 0 Å². The summed E-state index contributed by atoms with van der Waals surface area (Å²) in [6, 6.07) is 16.7. The second-order valence-corrected chi connectivity index (χ2v) is 9.16. The Labute approximate surface area is 203 Å². The van der Waals surface area contributed by atoms with Gasteiger partial charge in [0.2, 0.25) is 0 Å². The number of esters is 1. The number of likely N-dealkylation sites (tertiary alicyclic amines) is 1. The molecule has 0 N–H and O–H groups in total. The van der Waals surface area contributed by atoms with E-state index in [1.54, 1.807) is 29.2 Å². The van der Waals surface area contributed by atoms with Gasteiger partial charge < -0.3 is 19.4 Å². The molecule has 182 valence electrons. The van der Waals surface area contributed by atoms with Crippen LogP contribution in [0.15, 0.2) is 54.6 Å². The summed E-state index contributed by atoms with van der Waals surface area (Å²) in [4.78, 5) is 58.0. The molecule has 2 aromatic rings. The largest absolute Gasteiger partial charge is 0.468 e. The lowest BCUT2D eigenvalue weighted by molar-refractivity contribution is -0.146. The van der Waals surface area contributed by atoms with Crippen LogP contribution in [0.25, 0.3) is 0 Å². The summed E-state index contributed by atoms with van der Waals surface area (Å²) in [5, 5.41) is 0. The lowest BCUT2D eigenvalue weighted by Crippen LogP contribution is -2.57. The molecule has 0 saturated carbocycles. The maximum atomic E-state index is 13.6. The second-order valence-electron chi connectivity index (χ2n) is 9.16. The van der Waals surface area contributed by atoms with Crippen LogP contribution in [-0.2, 0) is 14.3 Å². The molecular formula is C26H28N4O5. The van der Waals surface area contributed by atoms with Gasteiger partial charge in [-0.05, 0) is 37.1 Å². The van der Waals surface area contributed by atoms with E-state index >= 15 is 0 Å². The number of hydrogen-bond acceptors (Lipinski definition) is 7. The number of anilines is 1. The summed E-state index contributed by atoms with van der Waals surface area (Å²) >= 11 is 0. The van der Waals surface area contributed by atoms with Gasteiger partial charge in [0.05, 0.1) is 24.9 Å². The first-order valence-electron chi connectivity index (χ1n) is 11.8. The predicted octanol–water partition coefficient (Wildman–Crippen LogP) is 1.60. The highest BCUT2D eigenvalue weighted by Gasteiger charge is 2.54. The molecule has 0 unspecified atom stereocenters. The molecule has 0 bridgehead atoms. The SMILES string of the molecule is COC(=O)CN1CN(c2ccccc2)C2(CCN(CCN3C(=O)c4ccccc4C3=O)CC2)C1=O. The molecule has 0 atom stereocenters. The average Bonchev–Trinajstić information content (AvgIpc) is 3.30. The minimum atomic E-state index is -0.735. The third-order valence-corrected chi connectivity index (χ3v) is 7.33. The fraction of sp³-hybridized carbons (Fsp3) is 0.385. The van der Waals surface area contributed by atoms with Crippen molar-refractivity contribution in [3.8, 4) is 0 Å². The summed E-state index contributed by atoms with van der Waals surface area (Å²) < 4.78 is 4.80. The van der Waals surface area contributed by atoms with Gasteiger partial charge in [0.25, 0.3) is 17.7 Å². The lowest BCUT2D eigenvalue weighted by atomic mass is 9.85. The van der Waals surface area contributed by atoms with E-state index in [9.17, 15) is 19.2 Å². The standard InChI is InChI=1S/C26H28N4O5/c1-35-22(31)17-28-18-30(19-7-3-2-4-8-19)26(25(28)34)11-13-27(14-12-26)15-16-29-23(32)20-9-5-6-10-21(20)24(29)33/h2-10H,11-18H2,1H3. The maximum absolute atomic E-state index is 13.6. The van der Waals surface area contributed by atoms with Crippen molar-refractivity contribution in [2.45, 2.75) is 18.4 Å². The van der Waals surface area contributed by atoms with E-state index in [-0.39, 0.29) is 24.3 Å². The first kappa shape index (κ1) is 23.0. The number of carbonyl (C=O) groups is 4. The summed E-state index contributed by atoms with van der Waals surface area (Å²) in [6.45, 7) is 2.39. The molecule has 0 radical (unpaired) electrons. The smallest absolute Gasteiger partial charge is 0.325 e. The van der Waals surface area contributed by atoms with Gasteiger partial charge in [0, 0.05) is 31.9 Å². The van der Waals surface area contributed by atoms with Crippen LogP contribution in [-0.4, -0.2) is 90.4 Å². The van der Waals surface area contributed by atoms with Gasteiger partial charge >= 0.3 is 5.97 Å². The first-order chi connectivity index (χ1) is 16.9. The van der Waals surface area contributed by atoms with Crippen molar-refractivity contribution in [3.05, 3.63) is 65.7 Å². The van der Waals surface area contributed by atoms with Crippen LogP contribution >= 0.6 is 0 Å². The fourth-order valence-corrected chi connectivity index (χ4v) is 5.37. The van der Waals surface area contributed by atoms with E-state index in [0.29, 0.717) is 56.8 Å². The van der Waals surface area contributed by atoms with Crippen molar-refractivity contribution >= 4 is 29.4 Å². The summed E-state index contributed by atoms with van der Waals surface area (Å²) in [5.41, 5.74) is 1.11. The normalized spacial score (nSPS) is 19.6. The number of ether oxygens (including phenoxy) is 1. The molecule has 2 fully saturated rings. The van der Waals surface area contributed by atoms with Crippen LogP contribution in [0.3, 0.4) is 0 Å². The van der Waals surface area contributed by atoms with Gasteiger partial charge in [-0.3, -0.25) is 24.1 Å². The molecule has 3 aliphatic heterocycles. The van der Waals surface area contributed by atoms with Crippen LogP contribution < -0.4 is 4.90 Å². The zero-order chi connectivity index (χ0) is 24.6. The van der Waals surface area contributed by atoms with E-state index in [1.807, 2.05) is 30.3 Å². The van der Waals surface area contributed by atoms with E-state index in [4.69, 9.17) is 4.74 Å². The van der Waals surface area contributed by atoms with Gasteiger partial charge in [0.1, 0.15) is 12.1 Å². The molecule has 9 nitrogen and oxygen atoms in total. The quantitative estimate of drug-likeness (QED) is 0.462. The average molecular weight is 477 g/mol. The lowest BCUT2D eigenvalue weighted by Gasteiger charge is -2.43. The highest BCUT2D eigenvalue weighted by molar-refractivity contribution is 6.21. The molecule has 3 heterocycles. The van der Waals surface area contributed by atoms with Crippen LogP contribution in [0.5, 0.6) is 0 Å². The Hall–Kier alpha value is -3.72. The Morgan fingerprint density at radius 2 is 1.49 bits per heavy atom. The molecule has 3 aliphatic rings. The monoisotopic (exact) mass is 476 g/mol. The molecule has 1 spiro atoms. The van der Waals surface area contributed by atoms with Gasteiger partial charge in [0.15, 0.2) is 0 Å². The van der Waals surface area contributed by atoms with E-state index in [1.165, 1.54) is 12.0 Å². The van der Waals surface area contributed by atoms with E-state index < -0.39 is 11.5 Å². The molecule has 2 saturated heterocycles. The number of benzene rings is 2. The van der Waals surface area contributed by atoms with Gasteiger partial charge in [-0.1, -0.05) is 30.3 Å². The van der Waals surface area contributed by atoms with Crippen molar-refractivity contribution in [2.75, 3.05) is 51.4 Å². The number of nitrogens with zero attached hydrogens (tertiary/aromatic N) is 4. The number of hydrogen-bond donors (Lipinski definition) is 0. The number of para-hydroxylation sites is 1. The Kier molecular flexibility index (Phi) is 6.02. The molecule has 35 heavy (non-hydrogen) atoms. The third-order valence-electron chi connectivity index (χ3n) is 7.33. The molecule has 0 aliphatic carbocycles. The summed E-state index contributed by atoms with van der Waals surface area (Å²) in [6.07, 6.45) is 1.17. The molecule has 2 aromatic carbocycles. The highest BCUT2D eigenvalue weighted by Crippen LogP contribution is 2.39. The predicted molar refractivity (Wildman–Crippen MR) is 128 cm³/mol. The number of piperidine rings is 1. The van der Waals surface area contributed by atoms with Gasteiger partial charge in [-0.2, -0.15) is 0 Å². The molecule has 3 amide bonds. The molecular weight excluding hydrogens is 448 g/mol. The van der Waals surface area contributed by atoms with E-state index in [2.05, 4.69) is 9.80 Å². The van der Waals surface area contributed by atoms with Crippen LogP contribution in [0, 0.1) is 0 Å². The zero-order valence-electron chi connectivity index (χ0n) is 19.7. The number of imide groups is 1. The third kappa shape index (κ3) is 3.95. The fourth-order valence-electron chi connectivity index (χ4n) is 5.37. The Balaban J connectivity index is 1.27. The highest BCUT2D eigenvalue weighted by atomic mass is 16.5. The number of fused-ring (bicyclic) bond motifs is 1. The van der Waals surface area contributed by atoms with Crippen LogP contribution in [0.1, 0.15) is 33.6 Å². The Bertz CT molecular complexity index is 1120. The maximum Gasteiger partial charge on any atom is 0.325 e. The van der Waals surface area contributed by atoms with Crippen LogP contribution in [0.2, 0.25) is 0 Å². The zero-order valence-corrected chi connectivity index (χ0v) is 19.7. The Morgan fingerprint density at radius 3 is 2.09 bits per heavy atom. The van der Waals surface area contributed by atoms with Crippen LogP contribution in [0.4, 0.5) is 5.69 Å². The molecule has 9 heteroatoms. The Morgan fingerprint density at radius 1 is 0.886 bits per heavy atom. The molecule has 0 aromatic heterocycles. The van der Waals surface area contributed by atoms with Crippen molar-refractivity contribution in [3.63, 3.8) is 0 Å². The van der Waals surface area contributed by atoms with Gasteiger partial charge in [-0.25, -0.2) is 0 Å². The minimum absolute atomic E-state index is 0.0632. The number of rotatable bonds is 6.